The quantitative estimate of drug-likeness (QED) is 0.716. The summed E-state index contributed by atoms with van der Waals surface area (Å²) >= 11 is 5.59. The van der Waals surface area contributed by atoms with Crippen molar-refractivity contribution in [2.75, 3.05) is 23.1 Å². The SMILES string of the molecule is Cc1ccc(NC(=O)c2ccccc2)c(NCC(O)CCl)c1. The zero-order valence-electron chi connectivity index (χ0n) is 12.3. The smallest absolute Gasteiger partial charge is 0.255 e. The van der Waals surface area contributed by atoms with Gasteiger partial charge in [0.05, 0.1) is 23.4 Å². The van der Waals surface area contributed by atoms with Gasteiger partial charge in [-0.3, -0.25) is 4.79 Å². The molecule has 2 aromatic rings. The van der Waals surface area contributed by atoms with Crippen LogP contribution in [0.3, 0.4) is 0 Å². The number of aliphatic hydroxyl groups excluding tert-OH is 1. The van der Waals surface area contributed by atoms with Crippen molar-refractivity contribution in [3.05, 3.63) is 59.7 Å². The third-order valence-electron chi connectivity index (χ3n) is 3.17. The molecule has 0 aromatic heterocycles. The first-order chi connectivity index (χ1) is 10.6. The molecule has 0 spiro atoms. The van der Waals surface area contributed by atoms with Crippen molar-refractivity contribution in [3.8, 4) is 0 Å². The highest BCUT2D eigenvalue weighted by molar-refractivity contribution is 6.18. The summed E-state index contributed by atoms with van der Waals surface area (Å²) in [5.74, 6) is -0.0183. The Kier molecular flexibility index (Phi) is 5.81. The van der Waals surface area contributed by atoms with Crippen molar-refractivity contribution in [1.82, 2.24) is 0 Å². The number of benzene rings is 2. The molecule has 0 radical (unpaired) electrons. The number of aliphatic hydroxyl groups is 1. The van der Waals surface area contributed by atoms with Crippen LogP contribution in [-0.4, -0.2) is 29.5 Å². The maximum atomic E-state index is 12.2. The van der Waals surface area contributed by atoms with Gasteiger partial charge in [-0.25, -0.2) is 0 Å². The molecule has 0 aliphatic carbocycles. The summed E-state index contributed by atoms with van der Waals surface area (Å²) in [7, 11) is 0. The minimum atomic E-state index is -0.639. The molecule has 0 saturated carbocycles. The molecule has 0 heterocycles. The molecule has 2 rings (SSSR count). The lowest BCUT2D eigenvalue weighted by Crippen LogP contribution is -2.22. The fourth-order valence-electron chi connectivity index (χ4n) is 1.98. The van der Waals surface area contributed by atoms with Gasteiger partial charge in [0.25, 0.3) is 5.91 Å². The fourth-order valence-corrected chi connectivity index (χ4v) is 2.09. The van der Waals surface area contributed by atoms with Crippen molar-refractivity contribution < 1.29 is 9.90 Å². The normalized spacial score (nSPS) is 11.8. The van der Waals surface area contributed by atoms with Gasteiger partial charge in [0.2, 0.25) is 0 Å². The largest absolute Gasteiger partial charge is 0.390 e. The van der Waals surface area contributed by atoms with Crippen LogP contribution in [0.15, 0.2) is 48.5 Å². The zero-order chi connectivity index (χ0) is 15.9. The second-order valence-corrected chi connectivity index (χ2v) is 5.37. The lowest BCUT2D eigenvalue weighted by atomic mass is 10.1. The number of halogens is 1. The van der Waals surface area contributed by atoms with Gasteiger partial charge in [-0.15, -0.1) is 11.6 Å². The number of carbonyl (C=O) groups is 1. The maximum Gasteiger partial charge on any atom is 0.255 e. The van der Waals surface area contributed by atoms with E-state index in [9.17, 15) is 9.90 Å². The van der Waals surface area contributed by atoms with Gasteiger partial charge in [-0.1, -0.05) is 24.3 Å². The molecular formula is C17H19ClN2O2. The van der Waals surface area contributed by atoms with Crippen LogP contribution in [0.5, 0.6) is 0 Å². The van der Waals surface area contributed by atoms with Crippen LogP contribution in [0, 0.1) is 6.92 Å². The Bertz CT molecular complexity index is 632. The lowest BCUT2D eigenvalue weighted by molar-refractivity contribution is 0.102. The summed E-state index contributed by atoms with van der Waals surface area (Å²) in [6.07, 6.45) is -0.639. The van der Waals surface area contributed by atoms with Gasteiger partial charge in [-0.2, -0.15) is 0 Å². The van der Waals surface area contributed by atoms with Crippen LogP contribution in [0.4, 0.5) is 11.4 Å². The molecular weight excluding hydrogens is 300 g/mol. The van der Waals surface area contributed by atoms with Crippen LogP contribution in [-0.2, 0) is 0 Å². The van der Waals surface area contributed by atoms with E-state index in [1.54, 1.807) is 12.1 Å². The summed E-state index contributed by atoms with van der Waals surface area (Å²) in [4.78, 5) is 12.2. The van der Waals surface area contributed by atoms with E-state index in [2.05, 4.69) is 10.6 Å². The maximum absolute atomic E-state index is 12.2. The van der Waals surface area contributed by atoms with E-state index in [4.69, 9.17) is 11.6 Å². The Morgan fingerprint density at radius 1 is 1.18 bits per heavy atom. The first kappa shape index (κ1) is 16.3. The molecule has 1 unspecified atom stereocenters. The fraction of sp³-hybridized carbons (Fsp3) is 0.235. The topological polar surface area (TPSA) is 61.4 Å². The minimum absolute atomic E-state index is 0.157. The Morgan fingerprint density at radius 3 is 2.59 bits per heavy atom. The highest BCUT2D eigenvalue weighted by atomic mass is 35.5. The number of alkyl halides is 1. The van der Waals surface area contributed by atoms with Gasteiger partial charge in [0.15, 0.2) is 0 Å². The van der Waals surface area contributed by atoms with E-state index < -0.39 is 6.10 Å². The molecule has 0 aliphatic heterocycles. The van der Waals surface area contributed by atoms with Crippen molar-refractivity contribution in [2.24, 2.45) is 0 Å². The van der Waals surface area contributed by atoms with Gasteiger partial charge in [0.1, 0.15) is 0 Å². The van der Waals surface area contributed by atoms with E-state index in [1.807, 2.05) is 43.3 Å². The predicted molar refractivity (Wildman–Crippen MR) is 90.8 cm³/mol. The Balaban J connectivity index is 2.14. The zero-order valence-corrected chi connectivity index (χ0v) is 13.1. The van der Waals surface area contributed by atoms with Crippen molar-refractivity contribution in [1.29, 1.82) is 0 Å². The van der Waals surface area contributed by atoms with Gasteiger partial charge >= 0.3 is 0 Å². The van der Waals surface area contributed by atoms with Crippen LogP contribution in [0.2, 0.25) is 0 Å². The summed E-state index contributed by atoms with van der Waals surface area (Å²) in [6.45, 7) is 2.28. The highest BCUT2D eigenvalue weighted by Crippen LogP contribution is 2.24. The summed E-state index contributed by atoms with van der Waals surface area (Å²) in [6, 6.07) is 14.7. The second kappa shape index (κ2) is 7.82. The number of hydrogen-bond donors (Lipinski definition) is 3. The van der Waals surface area contributed by atoms with Crippen molar-refractivity contribution >= 4 is 28.9 Å². The molecule has 1 amide bonds. The molecule has 4 nitrogen and oxygen atoms in total. The Labute approximate surface area is 135 Å². The number of carbonyl (C=O) groups excluding carboxylic acids is 1. The van der Waals surface area contributed by atoms with Crippen molar-refractivity contribution in [2.45, 2.75) is 13.0 Å². The van der Waals surface area contributed by atoms with E-state index in [1.165, 1.54) is 0 Å². The number of anilines is 2. The van der Waals surface area contributed by atoms with Crippen molar-refractivity contribution in [3.63, 3.8) is 0 Å². The third-order valence-corrected chi connectivity index (χ3v) is 3.52. The van der Waals surface area contributed by atoms with Crippen LogP contribution >= 0.6 is 11.6 Å². The monoisotopic (exact) mass is 318 g/mol. The third kappa shape index (κ3) is 4.48. The van der Waals surface area contributed by atoms with E-state index >= 15 is 0 Å². The summed E-state index contributed by atoms with van der Waals surface area (Å²) in [5.41, 5.74) is 3.07. The van der Waals surface area contributed by atoms with Crippen LogP contribution in [0.1, 0.15) is 15.9 Å². The Morgan fingerprint density at radius 2 is 1.91 bits per heavy atom. The lowest BCUT2D eigenvalue weighted by Gasteiger charge is -2.15. The molecule has 3 N–H and O–H groups in total. The van der Waals surface area contributed by atoms with Crippen LogP contribution < -0.4 is 10.6 Å². The Hall–Kier alpha value is -2.04. The molecule has 0 bridgehead atoms. The first-order valence-electron chi connectivity index (χ1n) is 7.05. The average molecular weight is 319 g/mol. The van der Waals surface area contributed by atoms with Gasteiger partial charge in [-0.05, 0) is 36.8 Å². The molecule has 22 heavy (non-hydrogen) atoms. The highest BCUT2D eigenvalue weighted by Gasteiger charge is 2.10. The number of hydrogen-bond acceptors (Lipinski definition) is 3. The molecule has 0 aliphatic rings. The predicted octanol–water partition coefficient (Wildman–Crippen LogP) is 3.26. The van der Waals surface area contributed by atoms with Crippen LogP contribution in [0.25, 0.3) is 0 Å². The number of rotatable bonds is 6. The summed E-state index contributed by atoms with van der Waals surface area (Å²) < 4.78 is 0. The minimum Gasteiger partial charge on any atom is -0.390 e. The summed E-state index contributed by atoms with van der Waals surface area (Å²) in [5, 5.41) is 15.5. The van der Waals surface area contributed by atoms with E-state index in [0.29, 0.717) is 17.8 Å². The van der Waals surface area contributed by atoms with Gasteiger partial charge < -0.3 is 15.7 Å². The molecule has 0 fully saturated rings. The molecule has 5 heteroatoms. The standard InChI is InChI=1S/C17H19ClN2O2/c1-12-7-8-15(16(9-12)19-11-14(21)10-18)20-17(22)13-5-3-2-4-6-13/h2-9,14,19,21H,10-11H2,1H3,(H,20,22). The van der Waals surface area contributed by atoms with Gasteiger partial charge in [0, 0.05) is 12.1 Å². The van der Waals surface area contributed by atoms with E-state index in [-0.39, 0.29) is 11.8 Å². The average Bonchev–Trinajstić information content (AvgIpc) is 2.55. The molecule has 2 aromatic carbocycles. The first-order valence-corrected chi connectivity index (χ1v) is 7.58. The number of amides is 1. The molecule has 0 saturated heterocycles. The van der Waals surface area contributed by atoms with E-state index in [0.717, 1.165) is 11.3 Å². The number of nitrogens with one attached hydrogen (secondary N) is 2. The molecule has 1 atom stereocenters. The second-order valence-electron chi connectivity index (χ2n) is 5.06. The number of aryl methyl sites for hydroxylation is 1. The molecule has 116 valence electrons.